The van der Waals surface area contributed by atoms with Crippen LogP contribution in [0.5, 0.6) is 0 Å². The van der Waals surface area contributed by atoms with Gasteiger partial charge in [0.15, 0.2) is 6.10 Å². The first kappa shape index (κ1) is 77.7. The van der Waals surface area contributed by atoms with Gasteiger partial charge in [0.25, 0.3) is 0 Å². The molecule has 466 valence electrons. The molecule has 0 aromatic rings. The SMILES string of the molecule is CC/C=C\C/C=C\C/C=C\C/C=C\C/C=C\C/C=C\C/C=C\C/C=C\C/C=C\CCCCCCCCCCCCCCCC(=O)OC(COC(=O)CCCCCCCCCCCCCCCCCC)COP(=O)(O)OCC[N+](C)(C)C. The first-order valence-corrected chi connectivity index (χ1v) is 34.6. The first-order valence-electron chi connectivity index (χ1n) is 33.1. The molecule has 81 heavy (non-hydrogen) atoms. The van der Waals surface area contributed by atoms with Crippen LogP contribution in [0.25, 0.3) is 0 Å². The number of unbranched alkanes of at least 4 members (excludes halogenated alkanes) is 28. The molecule has 0 aliphatic rings. The average Bonchev–Trinajstić information content (AvgIpc) is 3.43. The number of allylic oxidation sites excluding steroid dienone is 18. The average molecular weight is 1150 g/mol. The number of hydrogen-bond donors (Lipinski definition) is 1. The molecule has 0 radical (unpaired) electrons. The minimum absolute atomic E-state index is 0.0297. The first-order chi connectivity index (χ1) is 39.5. The van der Waals surface area contributed by atoms with Crippen molar-refractivity contribution in [2.45, 2.75) is 283 Å². The molecule has 0 spiro atoms. The molecule has 2 atom stereocenters. The molecule has 0 bridgehead atoms. The van der Waals surface area contributed by atoms with Gasteiger partial charge in [0.1, 0.15) is 19.8 Å². The van der Waals surface area contributed by atoms with Gasteiger partial charge in [-0.25, -0.2) is 4.57 Å². The Bertz CT molecular complexity index is 1730. The van der Waals surface area contributed by atoms with Gasteiger partial charge in [0.2, 0.25) is 0 Å². The van der Waals surface area contributed by atoms with E-state index in [9.17, 15) is 19.0 Å². The van der Waals surface area contributed by atoms with E-state index in [2.05, 4.69) is 123 Å². The lowest BCUT2D eigenvalue weighted by Gasteiger charge is -2.24. The van der Waals surface area contributed by atoms with E-state index in [-0.39, 0.29) is 32.0 Å². The summed E-state index contributed by atoms with van der Waals surface area (Å²) in [5, 5.41) is 0. The van der Waals surface area contributed by atoms with Crippen molar-refractivity contribution in [3.05, 3.63) is 109 Å². The number of likely N-dealkylation sites (N-methyl/N-ethyl adjacent to an activating group) is 1. The van der Waals surface area contributed by atoms with Crippen molar-refractivity contribution < 1.29 is 42.1 Å². The van der Waals surface area contributed by atoms with Crippen LogP contribution in [0.15, 0.2) is 109 Å². The number of rotatable bonds is 60. The quantitative estimate of drug-likeness (QED) is 0.0211. The molecule has 9 nitrogen and oxygen atoms in total. The molecule has 1 N–H and O–H groups in total. The van der Waals surface area contributed by atoms with Crippen LogP contribution >= 0.6 is 7.82 Å². The van der Waals surface area contributed by atoms with Crippen molar-refractivity contribution in [3.63, 3.8) is 0 Å². The molecule has 0 fully saturated rings. The smallest absolute Gasteiger partial charge is 0.462 e. The largest absolute Gasteiger partial charge is 0.472 e. The Morgan fingerprint density at radius 2 is 0.704 bits per heavy atom. The van der Waals surface area contributed by atoms with Crippen LogP contribution in [0.1, 0.15) is 277 Å². The maximum Gasteiger partial charge on any atom is 0.472 e. The highest BCUT2D eigenvalue weighted by atomic mass is 31.2. The molecular formula is C71H125NO8P+. The highest BCUT2D eigenvalue weighted by molar-refractivity contribution is 7.47. The van der Waals surface area contributed by atoms with Crippen LogP contribution in [0.4, 0.5) is 0 Å². The topological polar surface area (TPSA) is 108 Å². The normalized spacial score (nSPS) is 13.9. The third-order valence-electron chi connectivity index (χ3n) is 14.1. The van der Waals surface area contributed by atoms with Crippen molar-refractivity contribution in [2.75, 3.05) is 47.5 Å². The Kier molecular flexibility index (Phi) is 58.7. The van der Waals surface area contributed by atoms with Crippen LogP contribution in [-0.2, 0) is 32.7 Å². The van der Waals surface area contributed by atoms with E-state index < -0.39 is 26.5 Å². The summed E-state index contributed by atoms with van der Waals surface area (Å²) in [6, 6.07) is 0. The summed E-state index contributed by atoms with van der Waals surface area (Å²) in [5.41, 5.74) is 0. The number of phosphoric acid groups is 1. The van der Waals surface area contributed by atoms with E-state index in [1.54, 1.807) is 0 Å². The minimum atomic E-state index is -4.39. The number of carbonyl (C=O) groups excluding carboxylic acids is 2. The summed E-state index contributed by atoms with van der Waals surface area (Å²) in [4.78, 5) is 35.7. The second-order valence-electron chi connectivity index (χ2n) is 23.1. The molecule has 0 saturated carbocycles. The number of quaternary nitrogens is 1. The summed E-state index contributed by atoms with van der Waals surface area (Å²) in [7, 11) is 1.48. The fraction of sp³-hybridized carbons (Fsp3) is 0.718. The molecule has 0 aliphatic heterocycles. The van der Waals surface area contributed by atoms with Crippen molar-refractivity contribution in [3.8, 4) is 0 Å². The molecule has 0 amide bonds. The number of ether oxygens (including phenoxy) is 2. The van der Waals surface area contributed by atoms with Gasteiger partial charge >= 0.3 is 19.8 Å². The van der Waals surface area contributed by atoms with Gasteiger partial charge < -0.3 is 18.9 Å². The van der Waals surface area contributed by atoms with Gasteiger partial charge in [-0.3, -0.25) is 18.6 Å². The Labute approximate surface area is 499 Å². The predicted octanol–water partition coefficient (Wildman–Crippen LogP) is 21.3. The lowest BCUT2D eigenvalue weighted by Crippen LogP contribution is -2.37. The third kappa shape index (κ3) is 65.7. The Hall–Kier alpha value is -3.33. The van der Waals surface area contributed by atoms with Crippen LogP contribution in [0.2, 0.25) is 0 Å². The van der Waals surface area contributed by atoms with Gasteiger partial charge in [-0.15, -0.1) is 0 Å². The second-order valence-corrected chi connectivity index (χ2v) is 24.6. The zero-order valence-corrected chi connectivity index (χ0v) is 53.9. The number of esters is 2. The van der Waals surface area contributed by atoms with Crippen molar-refractivity contribution in [1.82, 2.24) is 0 Å². The van der Waals surface area contributed by atoms with Crippen molar-refractivity contribution in [1.29, 1.82) is 0 Å². The van der Waals surface area contributed by atoms with Gasteiger partial charge in [0.05, 0.1) is 27.7 Å². The Morgan fingerprint density at radius 1 is 0.395 bits per heavy atom. The zero-order chi connectivity index (χ0) is 59.1. The van der Waals surface area contributed by atoms with E-state index in [1.165, 1.54) is 148 Å². The van der Waals surface area contributed by atoms with Crippen LogP contribution in [0, 0.1) is 0 Å². The van der Waals surface area contributed by atoms with Crippen LogP contribution in [0.3, 0.4) is 0 Å². The van der Waals surface area contributed by atoms with E-state index in [0.717, 1.165) is 96.3 Å². The molecule has 0 aliphatic carbocycles. The van der Waals surface area contributed by atoms with E-state index in [1.807, 2.05) is 21.1 Å². The van der Waals surface area contributed by atoms with Gasteiger partial charge in [-0.1, -0.05) is 290 Å². The number of nitrogens with zero attached hydrogens (tertiary/aromatic N) is 1. The number of hydrogen-bond acceptors (Lipinski definition) is 7. The molecular weight excluding hydrogens is 1030 g/mol. The molecule has 0 heterocycles. The maximum atomic E-state index is 12.8. The molecule has 2 unspecified atom stereocenters. The maximum absolute atomic E-state index is 12.8. The fourth-order valence-electron chi connectivity index (χ4n) is 9.01. The molecule has 0 aromatic carbocycles. The van der Waals surface area contributed by atoms with Crippen molar-refractivity contribution in [2.24, 2.45) is 0 Å². The second kappa shape index (κ2) is 61.2. The summed E-state index contributed by atoms with van der Waals surface area (Å²) in [6.07, 6.45) is 86.1. The number of phosphoric ester groups is 1. The highest BCUT2D eigenvalue weighted by Crippen LogP contribution is 2.43. The minimum Gasteiger partial charge on any atom is -0.462 e. The summed E-state index contributed by atoms with van der Waals surface area (Å²) in [6.45, 7) is 4.34. The van der Waals surface area contributed by atoms with Crippen LogP contribution < -0.4 is 0 Å². The van der Waals surface area contributed by atoms with Crippen molar-refractivity contribution >= 4 is 19.8 Å². The third-order valence-corrected chi connectivity index (χ3v) is 15.1. The highest BCUT2D eigenvalue weighted by Gasteiger charge is 2.27. The summed E-state index contributed by atoms with van der Waals surface area (Å²) >= 11 is 0. The molecule has 0 aromatic heterocycles. The van der Waals surface area contributed by atoms with Gasteiger partial charge in [-0.2, -0.15) is 0 Å². The van der Waals surface area contributed by atoms with Gasteiger partial charge in [-0.05, 0) is 83.5 Å². The number of carbonyl (C=O) groups is 2. The Balaban J connectivity index is 4.02. The molecule has 0 saturated heterocycles. The van der Waals surface area contributed by atoms with Gasteiger partial charge in [0, 0.05) is 12.8 Å². The van der Waals surface area contributed by atoms with Crippen LogP contribution in [-0.4, -0.2) is 74.9 Å². The molecule has 0 rings (SSSR count). The lowest BCUT2D eigenvalue weighted by atomic mass is 10.0. The van der Waals surface area contributed by atoms with E-state index in [4.69, 9.17) is 18.5 Å². The summed E-state index contributed by atoms with van der Waals surface area (Å²) < 4.78 is 34.6. The standard InChI is InChI=1S/C71H124NO8P/c1-6-8-10-12-14-16-18-20-22-24-25-26-27-28-29-30-31-32-33-34-35-36-37-38-39-40-41-42-43-44-45-46-47-48-50-52-54-56-58-60-62-64-71(74)80-69(68-79-81(75,76)78-66-65-72(3,4)5)67-77-70(73)63-61-59-57-55-53-51-49-23-21-19-17-15-13-11-9-7-2/h8,10,14,16,20,22,25-26,28-29,31-32,34-35,37-38,40-41,69H,6-7,9,11-13,15,17-19,21,23-24,27,30,33,36,39,42-68H2,1-5H3/p+1/b10-8-,16-14-,22-20-,26-25-,29-28-,32-31-,35-34-,38-37-,41-40-. The zero-order valence-electron chi connectivity index (χ0n) is 53.0. The monoisotopic (exact) mass is 1150 g/mol. The molecule has 10 heteroatoms. The predicted molar refractivity (Wildman–Crippen MR) is 348 cm³/mol. The fourth-order valence-corrected chi connectivity index (χ4v) is 9.75. The summed E-state index contributed by atoms with van der Waals surface area (Å²) in [5.74, 6) is -0.792. The van der Waals surface area contributed by atoms with E-state index >= 15 is 0 Å². The Morgan fingerprint density at radius 3 is 1.05 bits per heavy atom. The van der Waals surface area contributed by atoms with E-state index in [0.29, 0.717) is 17.4 Å². The lowest BCUT2D eigenvalue weighted by molar-refractivity contribution is -0.870.